The molecule has 0 aromatic heterocycles. The van der Waals surface area contributed by atoms with Crippen LogP contribution in [0.1, 0.15) is 57.8 Å². The first-order valence-electron chi connectivity index (χ1n) is 12.1. The van der Waals surface area contributed by atoms with Gasteiger partial charge in [0.2, 0.25) is 17.7 Å². The molecule has 0 saturated heterocycles. The van der Waals surface area contributed by atoms with Gasteiger partial charge < -0.3 is 43.4 Å². The second-order valence-electron chi connectivity index (χ2n) is 8.41. The standard InChI is InChI=1S/C22H42N6O7S/c1-36-13-10-16(26-19(31)14(25)6-2-4-11-23)21(33)27-15(7-3-5-12-24)20(32)28-17(22(34)35)8-9-18(29)30/h14-17H,2-13,23-25H2,1H3,(H,26,31)(H,27,33)(H,28,32)(H,29,30)(H,34,35). The average Bonchev–Trinajstić information content (AvgIpc) is 2.82. The van der Waals surface area contributed by atoms with Gasteiger partial charge in [-0.05, 0) is 70.0 Å². The average molecular weight is 535 g/mol. The lowest BCUT2D eigenvalue weighted by Gasteiger charge is -2.25. The van der Waals surface area contributed by atoms with Crippen molar-refractivity contribution in [3.8, 4) is 0 Å². The maximum atomic E-state index is 13.1. The molecular weight excluding hydrogens is 492 g/mol. The molecule has 0 rings (SSSR count). The molecule has 208 valence electrons. The number of carbonyl (C=O) groups is 5. The number of carboxylic acid groups (broad SMARTS) is 2. The van der Waals surface area contributed by atoms with Crippen LogP contribution in [0.15, 0.2) is 0 Å². The van der Waals surface area contributed by atoms with Crippen molar-refractivity contribution in [1.82, 2.24) is 16.0 Å². The molecule has 0 bridgehead atoms. The lowest BCUT2D eigenvalue weighted by molar-refractivity contribution is -0.143. The third-order valence-corrected chi connectivity index (χ3v) is 6.03. The van der Waals surface area contributed by atoms with Crippen LogP contribution in [0.2, 0.25) is 0 Å². The van der Waals surface area contributed by atoms with E-state index >= 15 is 0 Å². The summed E-state index contributed by atoms with van der Waals surface area (Å²) in [5.41, 5.74) is 16.9. The van der Waals surface area contributed by atoms with Crippen molar-refractivity contribution in [2.24, 2.45) is 17.2 Å². The van der Waals surface area contributed by atoms with E-state index in [9.17, 15) is 29.1 Å². The molecule has 4 atom stereocenters. The summed E-state index contributed by atoms with van der Waals surface area (Å²) in [5.74, 6) is -3.87. The molecular formula is C22H42N6O7S. The van der Waals surface area contributed by atoms with Crippen LogP contribution in [-0.2, 0) is 24.0 Å². The quantitative estimate of drug-likeness (QED) is 0.0807. The van der Waals surface area contributed by atoms with Gasteiger partial charge in [0.1, 0.15) is 18.1 Å². The first-order valence-corrected chi connectivity index (χ1v) is 13.5. The topological polar surface area (TPSA) is 240 Å². The van der Waals surface area contributed by atoms with Gasteiger partial charge in [-0.1, -0.05) is 6.42 Å². The predicted molar refractivity (Wildman–Crippen MR) is 137 cm³/mol. The Kier molecular flexibility index (Phi) is 18.4. The van der Waals surface area contributed by atoms with Gasteiger partial charge >= 0.3 is 11.9 Å². The van der Waals surface area contributed by atoms with E-state index in [1.165, 1.54) is 11.8 Å². The van der Waals surface area contributed by atoms with Gasteiger partial charge in [-0.15, -0.1) is 0 Å². The minimum Gasteiger partial charge on any atom is -0.481 e. The molecule has 0 saturated carbocycles. The van der Waals surface area contributed by atoms with Crippen LogP contribution >= 0.6 is 11.8 Å². The highest BCUT2D eigenvalue weighted by molar-refractivity contribution is 7.98. The van der Waals surface area contributed by atoms with E-state index in [1.54, 1.807) is 0 Å². The second-order valence-corrected chi connectivity index (χ2v) is 9.40. The largest absolute Gasteiger partial charge is 0.481 e. The highest BCUT2D eigenvalue weighted by Gasteiger charge is 2.30. The van der Waals surface area contributed by atoms with Crippen molar-refractivity contribution in [1.29, 1.82) is 0 Å². The number of thioether (sulfide) groups is 1. The number of carboxylic acids is 2. The van der Waals surface area contributed by atoms with Gasteiger partial charge in [0, 0.05) is 6.42 Å². The zero-order valence-electron chi connectivity index (χ0n) is 20.9. The molecule has 0 spiro atoms. The Balaban J connectivity index is 5.42. The van der Waals surface area contributed by atoms with Gasteiger partial charge in [-0.3, -0.25) is 19.2 Å². The van der Waals surface area contributed by atoms with E-state index in [-0.39, 0.29) is 12.8 Å². The number of hydrogen-bond donors (Lipinski definition) is 8. The van der Waals surface area contributed by atoms with Crippen LogP contribution in [0, 0.1) is 0 Å². The molecule has 3 amide bonds. The molecule has 0 radical (unpaired) electrons. The first kappa shape index (κ1) is 33.6. The van der Waals surface area contributed by atoms with E-state index in [0.29, 0.717) is 50.9 Å². The van der Waals surface area contributed by atoms with Gasteiger partial charge in [-0.25, -0.2) is 4.79 Å². The normalized spacial score (nSPS) is 14.2. The van der Waals surface area contributed by atoms with Gasteiger partial charge in [0.05, 0.1) is 6.04 Å². The Morgan fingerprint density at radius 2 is 1.22 bits per heavy atom. The fraction of sp³-hybridized carbons (Fsp3) is 0.773. The predicted octanol–water partition coefficient (Wildman–Crippen LogP) is -1.27. The monoisotopic (exact) mass is 534 g/mol. The molecule has 13 nitrogen and oxygen atoms in total. The fourth-order valence-electron chi connectivity index (χ4n) is 3.25. The van der Waals surface area contributed by atoms with Crippen molar-refractivity contribution in [2.45, 2.75) is 82.0 Å². The maximum Gasteiger partial charge on any atom is 0.326 e. The summed E-state index contributed by atoms with van der Waals surface area (Å²) in [4.78, 5) is 60.7. The third-order valence-electron chi connectivity index (χ3n) is 5.39. The highest BCUT2D eigenvalue weighted by Crippen LogP contribution is 2.08. The summed E-state index contributed by atoms with van der Waals surface area (Å²) in [7, 11) is 0. The van der Waals surface area contributed by atoms with Crippen molar-refractivity contribution in [2.75, 3.05) is 25.1 Å². The van der Waals surface area contributed by atoms with Crippen LogP contribution in [-0.4, -0.2) is 89.1 Å². The number of unbranched alkanes of at least 4 members (excludes halogenated alkanes) is 2. The minimum absolute atomic E-state index is 0.182. The molecule has 0 aliphatic rings. The van der Waals surface area contributed by atoms with E-state index in [0.717, 1.165) is 6.42 Å². The van der Waals surface area contributed by atoms with Gasteiger partial charge in [-0.2, -0.15) is 11.8 Å². The molecule has 0 aliphatic carbocycles. The summed E-state index contributed by atoms with van der Waals surface area (Å²) < 4.78 is 0. The molecule has 0 aliphatic heterocycles. The number of rotatable bonds is 21. The van der Waals surface area contributed by atoms with E-state index in [1.807, 2.05) is 6.26 Å². The van der Waals surface area contributed by atoms with Crippen LogP contribution in [0.25, 0.3) is 0 Å². The van der Waals surface area contributed by atoms with Crippen LogP contribution in [0.5, 0.6) is 0 Å². The van der Waals surface area contributed by atoms with Crippen molar-refractivity contribution < 1.29 is 34.2 Å². The van der Waals surface area contributed by atoms with Crippen LogP contribution in [0.4, 0.5) is 0 Å². The van der Waals surface area contributed by atoms with Crippen LogP contribution in [0.3, 0.4) is 0 Å². The van der Waals surface area contributed by atoms with Crippen molar-refractivity contribution >= 4 is 41.4 Å². The molecule has 36 heavy (non-hydrogen) atoms. The number of hydrogen-bond acceptors (Lipinski definition) is 9. The van der Waals surface area contributed by atoms with E-state index in [2.05, 4.69) is 16.0 Å². The molecule has 14 heteroatoms. The summed E-state index contributed by atoms with van der Waals surface area (Å²) in [6.45, 7) is 0.854. The zero-order chi connectivity index (χ0) is 27.5. The Hall–Kier alpha value is -2.42. The highest BCUT2D eigenvalue weighted by atomic mass is 32.2. The van der Waals surface area contributed by atoms with Crippen LogP contribution < -0.4 is 33.2 Å². The Bertz CT molecular complexity index is 712. The van der Waals surface area contributed by atoms with E-state index in [4.69, 9.17) is 22.3 Å². The Labute approximate surface area is 216 Å². The van der Waals surface area contributed by atoms with Gasteiger partial charge in [0.15, 0.2) is 0 Å². The molecule has 0 aromatic carbocycles. The molecule has 0 aromatic rings. The van der Waals surface area contributed by atoms with Crippen molar-refractivity contribution in [3.63, 3.8) is 0 Å². The smallest absolute Gasteiger partial charge is 0.326 e. The number of nitrogens with one attached hydrogen (secondary N) is 3. The Morgan fingerprint density at radius 1 is 0.722 bits per heavy atom. The maximum absolute atomic E-state index is 13.1. The van der Waals surface area contributed by atoms with E-state index < -0.39 is 60.2 Å². The number of nitrogens with two attached hydrogens (primary N) is 3. The third kappa shape index (κ3) is 14.9. The van der Waals surface area contributed by atoms with Gasteiger partial charge in [0.25, 0.3) is 0 Å². The fourth-order valence-corrected chi connectivity index (χ4v) is 3.73. The summed E-state index contributed by atoms with van der Waals surface area (Å²) in [5, 5.41) is 25.7. The Morgan fingerprint density at radius 3 is 1.72 bits per heavy atom. The second kappa shape index (κ2) is 19.7. The molecule has 11 N–H and O–H groups in total. The summed E-state index contributed by atoms with van der Waals surface area (Å²) >= 11 is 1.48. The first-order chi connectivity index (χ1) is 17.1. The minimum atomic E-state index is -1.43. The SMILES string of the molecule is CSCCC(NC(=O)C(N)CCCCN)C(=O)NC(CCCCN)C(=O)NC(CCC(=O)O)C(=O)O. The number of amides is 3. The molecule has 0 heterocycles. The lowest BCUT2D eigenvalue weighted by Crippen LogP contribution is -2.57. The molecule has 4 unspecified atom stereocenters. The summed E-state index contributed by atoms with van der Waals surface area (Å²) in [6, 6.07) is -4.28. The zero-order valence-corrected chi connectivity index (χ0v) is 21.7. The molecule has 0 fully saturated rings. The van der Waals surface area contributed by atoms with Crippen molar-refractivity contribution in [3.05, 3.63) is 0 Å². The summed E-state index contributed by atoms with van der Waals surface area (Å²) in [6.07, 6.45) is 4.43. The number of carbonyl (C=O) groups excluding carboxylic acids is 3. The lowest BCUT2D eigenvalue weighted by atomic mass is 10.1. The number of aliphatic carboxylic acids is 2.